The molecule has 0 radical (unpaired) electrons. The molecule has 0 saturated carbocycles. The Hall–Kier alpha value is -3.07. The maximum atomic E-state index is 12.3. The van der Waals surface area contributed by atoms with Crippen molar-refractivity contribution in [3.63, 3.8) is 0 Å². The van der Waals surface area contributed by atoms with Crippen LogP contribution in [0.5, 0.6) is 0 Å². The number of unbranched alkanes of at least 4 members (excludes halogenated alkanes) is 4. The van der Waals surface area contributed by atoms with Crippen LogP contribution in [-0.4, -0.2) is 52.3 Å². The van der Waals surface area contributed by atoms with Crippen LogP contribution >= 0.6 is 7.82 Å². The van der Waals surface area contributed by atoms with Crippen molar-refractivity contribution >= 4 is 19.8 Å². The Balaban J connectivity index is 4.18. The highest BCUT2D eigenvalue weighted by Gasteiger charge is 2.22. The average molecular weight is 733 g/mol. The summed E-state index contributed by atoms with van der Waals surface area (Å²) in [6.07, 6.45) is 45.5. The number of aliphatic hydroxyl groups excluding tert-OH is 1. The first kappa shape index (κ1) is 47.9. The van der Waals surface area contributed by atoms with E-state index in [1.54, 1.807) is 0 Å². The van der Waals surface area contributed by atoms with E-state index in [4.69, 9.17) is 19.3 Å². The molecule has 0 aromatic rings. The number of esters is 2. The van der Waals surface area contributed by atoms with Crippen molar-refractivity contribution in [2.75, 3.05) is 13.2 Å². The van der Waals surface area contributed by atoms with Crippen LogP contribution in [0.15, 0.2) is 97.2 Å². The maximum Gasteiger partial charge on any atom is 0.469 e. The molecule has 0 fully saturated rings. The second-order valence-corrected chi connectivity index (χ2v) is 13.3. The Kier molecular flexibility index (Phi) is 33.2. The summed E-state index contributed by atoms with van der Waals surface area (Å²) in [5.41, 5.74) is 0. The fourth-order valence-corrected chi connectivity index (χ4v) is 4.73. The molecule has 10 heteroatoms. The largest absolute Gasteiger partial charge is 0.469 e. The van der Waals surface area contributed by atoms with Gasteiger partial charge in [0.15, 0.2) is 6.10 Å². The third-order valence-corrected chi connectivity index (χ3v) is 7.59. The summed E-state index contributed by atoms with van der Waals surface area (Å²) in [5.74, 6) is -1.03. The quantitative estimate of drug-likeness (QED) is 0.0267. The van der Waals surface area contributed by atoms with Crippen molar-refractivity contribution in [1.29, 1.82) is 0 Å². The van der Waals surface area contributed by atoms with Gasteiger partial charge in [-0.25, -0.2) is 4.57 Å². The van der Waals surface area contributed by atoms with Crippen molar-refractivity contribution in [2.24, 2.45) is 0 Å². The van der Waals surface area contributed by atoms with Gasteiger partial charge in [-0.05, 0) is 103 Å². The average Bonchev–Trinajstić information content (AvgIpc) is 3.08. The summed E-state index contributed by atoms with van der Waals surface area (Å²) < 4.78 is 26.2. The summed E-state index contributed by atoms with van der Waals surface area (Å²) >= 11 is 0. The summed E-state index contributed by atoms with van der Waals surface area (Å²) in [6, 6.07) is 0. The van der Waals surface area contributed by atoms with Gasteiger partial charge in [0.1, 0.15) is 6.61 Å². The lowest BCUT2D eigenvalue weighted by molar-refractivity contribution is -0.161. The highest BCUT2D eigenvalue weighted by molar-refractivity contribution is 7.46. The predicted octanol–water partition coefficient (Wildman–Crippen LogP) is 10.0. The topological polar surface area (TPSA) is 140 Å². The Morgan fingerprint density at radius 3 is 1.49 bits per heavy atom. The molecule has 2 atom stereocenters. The molecule has 0 unspecified atom stereocenters. The van der Waals surface area contributed by atoms with E-state index < -0.39 is 32.5 Å². The monoisotopic (exact) mass is 732 g/mol. The number of carbonyl (C=O) groups excluding carboxylic acids is 2. The van der Waals surface area contributed by atoms with Gasteiger partial charge < -0.3 is 24.4 Å². The zero-order valence-electron chi connectivity index (χ0n) is 31.1. The standard InChI is InChI=1S/C41H65O9P/c1-3-4-5-6-7-8-9-10-12-16-19-22-25-28-31-34-40(43)48-36-39(37-49-51(45,46)47)50-41(44)35-32-29-26-23-20-17-14-11-13-15-18-21-24-27-30-33-38(2)42/h4-5,7-8,10,12-15,17,19,21-24,26,38-39,42H,3,6,9,11,16,18,20,25,27-37H2,1-2H3,(H2,45,46,47)/b5-4-,8-7-,12-10-,15-13-,17-14-,22-19-,24-21-,26-23-/t38-,39+/m0/s1. The molecule has 0 heterocycles. The zero-order chi connectivity index (χ0) is 37.7. The first-order chi connectivity index (χ1) is 24.6. The van der Waals surface area contributed by atoms with E-state index in [2.05, 4.69) is 96.5 Å². The van der Waals surface area contributed by atoms with Gasteiger partial charge in [-0.2, -0.15) is 0 Å². The van der Waals surface area contributed by atoms with E-state index >= 15 is 0 Å². The lowest BCUT2D eigenvalue weighted by Crippen LogP contribution is -2.29. The van der Waals surface area contributed by atoms with Gasteiger partial charge >= 0.3 is 19.8 Å². The fraction of sp³-hybridized carbons (Fsp3) is 0.561. The van der Waals surface area contributed by atoms with Gasteiger partial charge in [0.25, 0.3) is 0 Å². The number of phosphoric ester groups is 1. The summed E-state index contributed by atoms with van der Waals surface area (Å²) in [7, 11) is -4.79. The third kappa shape index (κ3) is 39.6. The van der Waals surface area contributed by atoms with E-state index in [0.717, 1.165) is 77.0 Å². The molecule has 0 spiro atoms. The van der Waals surface area contributed by atoms with Gasteiger partial charge in [0, 0.05) is 12.8 Å². The molecule has 0 saturated heterocycles. The van der Waals surface area contributed by atoms with Crippen LogP contribution in [0.4, 0.5) is 0 Å². The molecule has 0 amide bonds. The molecule has 0 aliphatic carbocycles. The number of allylic oxidation sites excluding steroid dienone is 16. The zero-order valence-corrected chi connectivity index (χ0v) is 32.0. The Morgan fingerprint density at radius 1 is 0.588 bits per heavy atom. The van der Waals surface area contributed by atoms with E-state index in [0.29, 0.717) is 19.3 Å². The number of carbonyl (C=O) groups is 2. The molecule has 0 rings (SSSR count). The van der Waals surface area contributed by atoms with Crippen LogP contribution in [0.3, 0.4) is 0 Å². The molecule has 3 N–H and O–H groups in total. The van der Waals surface area contributed by atoms with Crippen LogP contribution in [0.2, 0.25) is 0 Å². The number of rotatable bonds is 32. The molecular weight excluding hydrogens is 667 g/mol. The van der Waals surface area contributed by atoms with Crippen molar-refractivity contribution in [1.82, 2.24) is 0 Å². The summed E-state index contributed by atoms with van der Waals surface area (Å²) in [4.78, 5) is 42.7. The number of phosphoric acid groups is 1. The molecule has 9 nitrogen and oxygen atoms in total. The first-order valence-corrected chi connectivity index (χ1v) is 20.1. The minimum atomic E-state index is -4.79. The van der Waals surface area contributed by atoms with E-state index in [9.17, 15) is 19.3 Å². The predicted molar refractivity (Wildman–Crippen MR) is 208 cm³/mol. The van der Waals surface area contributed by atoms with Gasteiger partial charge in [-0.3, -0.25) is 14.1 Å². The second kappa shape index (κ2) is 35.3. The lowest BCUT2D eigenvalue weighted by Gasteiger charge is -2.18. The van der Waals surface area contributed by atoms with E-state index in [1.807, 2.05) is 19.1 Å². The van der Waals surface area contributed by atoms with Crippen LogP contribution in [0.25, 0.3) is 0 Å². The number of ether oxygens (including phenoxy) is 2. The van der Waals surface area contributed by atoms with Crippen molar-refractivity contribution in [2.45, 2.75) is 135 Å². The molecule has 0 aliphatic rings. The minimum absolute atomic E-state index is 0.109. The molecule has 0 aromatic carbocycles. The van der Waals surface area contributed by atoms with Gasteiger partial charge in [-0.1, -0.05) is 104 Å². The van der Waals surface area contributed by atoms with Gasteiger partial charge in [0.05, 0.1) is 12.7 Å². The third-order valence-electron chi connectivity index (χ3n) is 7.11. The maximum absolute atomic E-state index is 12.3. The molecule has 288 valence electrons. The molecule has 51 heavy (non-hydrogen) atoms. The minimum Gasteiger partial charge on any atom is -0.462 e. The lowest BCUT2D eigenvalue weighted by atomic mass is 10.1. The Morgan fingerprint density at radius 2 is 1.02 bits per heavy atom. The Labute approximate surface area is 307 Å². The normalized spacial score (nSPS) is 14.2. The number of hydrogen-bond donors (Lipinski definition) is 3. The number of hydrogen-bond acceptors (Lipinski definition) is 7. The fourth-order valence-electron chi connectivity index (χ4n) is 4.37. The first-order valence-electron chi connectivity index (χ1n) is 18.6. The van der Waals surface area contributed by atoms with Crippen LogP contribution in [0.1, 0.15) is 123 Å². The SMILES string of the molecule is CC/C=C\C/C=C\C/C=C\C/C=C\CCCCC(=O)OC[C@H](COP(=O)(O)O)OC(=O)CCC/C=C\C/C=C\C/C=C\C/C=C\CCC[C@H](C)O. The van der Waals surface area contributed by atoms with Crippen molar-refractivity contribution in [3.8, 4) is 0 Å². The molecular formula is C41H65O9P. The molecule has 0 aliphatic heterocycles. The smallest absolute Gasteiger partial charge is 0.462 e. The van der Waals surface area contributed by atoms with Crippen LogP contribution in [-0.2, 0) is 28.2 Å². The van der Waals surface area contributed by atoms with E-state index in [-0.39, 0.29) is 25.6 Å². The molecule has 0 bridgehead atoms. The highest BCUT2D eigenvalue weighted by atomic mass is 31.2. The van der Waals surface area contributed by atoms with Crippen LogP contribution in [0, 0.1) is 0 Å². The number of aliphatic hydroxyl groups is 1. The summed E-state index contributed by atoms with van der Waals surface area (Å²) in [5, 5.41) is 9.24. The van der Waals surface area contributed by atoms with E-state index in [1.165, 1.54) is 0 Å². The Bertz CT molecular complexity index is 1160. The van der Waals surface area contributed by atoms with Gasteiger partial charge in [0.2, 0.25) is 0 Å². The van der Waals surface area contributed by atoms with Gasteiger partial charge in [-0.15, -0.1) is 0 Å². The van der Waals surface area contributed by atoms with Crippen molar-refractivity contribution in [3.05, 3.63) is 97.2 Å². The van der Waals surface area contributed by atoms with Crippen LogP contribution < -0.4 is 0 Å². The molecule has 0 aromatic heterocycles. The van der Waals surface area contributed by atoms with Crippen molar-refractivity contribution < 1.29 is 43.0 Å². The second-order valence-electron chi connectivity index (χ2n) is 12.1. The summed E-state index contributed by atoms with van der Waals surface area (Å²) in [6.45, 7) is 3.01. The highest BCUT2D eigenvalue weighted by Crippen LogP contribution is 2.35.